The van der Waals surface area contributed by atoms with Gasteiger partial charge in [-0.2, -0.15) is 0 Å². The van der Waals surface area contributed by atoms with Gasteiger partial charge in [0, 0.05) is 43.8 Å². The lowest BCUT2D eigenvalue weighted by molar-refractivity contribution is -0.131. The summed E-state index contributed by atoms with van der Waals surface area (Å²) in [5.74, 6) is 0.207. The normalized spacial score (nSPS) is 13.8. The largest absolute Gasteiger partial charge is 0.383 e. The van der Waals surface area contributed by atoms with E-state index in [0.717, 1.165) is 25.1 Å². The Bertz CT molecular complexity index is 974. The van der Waals surface area contributed by atoms with Crippen molar-refractivity contribution in [2.24, 2.45) is 0 Å². The van der Waals surface area contributed by atoms with Gasteiger partial charge in [0.25, 0.3) is 0 Å². The number of hydrogen-bond donors (Lipinski definition) is 0. The van der Waals surface area contributed by atoms with Crippen LogP contribution in [0.2, 0.25) is 0 Å². The first-order chi connectivity index (χ1) is 13.2. The molecule has 27 heavy (non-hydrogen) atoms. The number of benzene rings is 2. The molecule has 1 aromatic heterocycles. The molecule has 140 valence electrons. The lowest BCUT2D eigenvalue weighted by atomic mass is 10.0. The van der Waals surface area contributed by atoms with Crippen molar-refractivity contribution in [1.82, 2.24) is 9.47 Å². The predicted molar refractivity (Wildman–Crippen MR) is 108 cm³/mol. The maximum absolute atomic E-state index is 13.0. The summed E-state index contributed by atoms with van der Waals surface area (Å²) in [5.41, 5.74) is 6.12. The molecule has 4 heteroatoms. The highest BCUT2D eigenvalue weighted by Crippen LogP contribution is 2.29. The van der Waals surface area contributed by atoms with Crippen molar-refractivity contribution in [3.63, 3.8) is 0 Å². The molecular weight excluding hydrogens is 336 g/mol. The maximum Gasteiger partial charge on any atom is 0.227 e. The Hall–Kier alpha value is -2.59. The van der Waals surface area contributed by atoms with Gasteiger partial charge in [-0.15, -0.1) is 0 Å². The molecule has 0 spiro atoms. The van der Waals surface area contributed by atoms with Gasteiger partial charge in [0.2, 0.25) is 5.91 Å². The van der Waals surface area contributed by atoms with E-state index in [1.54, 1.807) is 7.11 Å². The quantitative estimate of drug-likeness (QED) is 0.693. The van der Waals surface area contributed by atoms with Crippen molar-refractivity contribution in [3.05, 3.63) is 70.9 Å². The van der Waals surface area contributed by atoms with Crippen LogP contribution in [0.25, 0.3) is 10.9 Å². The summed E-state index contributed by atoms with van der Waals surface area (Å²) < 4.78 is 7.53. The monoisotopic (exact) mass is 362 g/mol. The number of hydrogen-bond acceptors (Lipinski definition) is 2. The number of amides is 1. The Morgan fingerprint density at radius 1 is 1.11 bits per heavy atom. The molecule has 4 nitrogen and oxygen atoms in total. The van der Waals surface area contributed by atoms with Crippen molar-refractivity contribution in [1.29, 1.82) is 0 Å². The van der Waals surface area contributed by atoms with Crippen LogP contribution in [-0.2, 0) is 35.5 Å². The molecule has 2 aromatic carbocycles. The van der Waals surface area contributed by atoms with Crippen LogP contribution in [0.15, 0.2) is 48.7 Å². The minimum Gasteiger partial charge on any atom is -0.383 e. The van der Waals surface area contributed by atoms with Gasteiger partial charge >= 0.3 is 0 Å². The van der Waals surface area contributed by atoms with Gasteiger partial charge in [-0.25, -0.2) is 0 Å². The maximum atomic E-state index is 13.0. The Balaban J connectivity index is 1.59. The molecule has 0 saturated heterocycles. The van der Waals surface area contributed by atoms with Gasteiger partial charge in [0.1, 0.15) is 0 Å². The van der Waals surface area contributed by atoms with Crippen LogP contribution in [-0.4, -0.2) is 35.6 Å². The van der Waals surface area contributed by atoms with Gasteiger partial charge in [0.15, 0.2) is 0 Å². The number of aromatic nitrogens is 1. The minimum absolute atomic E-state index is 0.207. The van der Waals surface area contributed by atoms with Crippen LogP contribution < -0.4 is 0 Å². The lowest BCUT2D eigenvalue weighted by Crippen LogP contribution is -2.33. The first kappa shape index (κ1) is 17.8. The molecule has 0 saturated carbocycles. The Morgan fingerprint density at radius 3 is 2.78 bits per heavy atom. The molecule has 0 radical (unpaired) electrons. The first-order valence-electron chi connectivity index (χ1n) is 9.58. The van der Waals surface area contributed by atoms with E-state index < -0.39 is 0 Å². The summed E-state index contributed by atoms with van der Waals surface area (Å²) in [6, 6.07) is 14.6. The lowest BCUT2D eigenvalue weighted by Gasteiger charge is -2.22. The van der Waals surface area contributed by atoms with Crippen LogP contribution in [0, 0.1) is 6.92 Å². The van der Waals surface area contributed by atoms with Gasteiger partial charge in [-0.05, 0) is 41.7 Å². The number of rotatable bonds is 5. The predicted octanol–water partition coefficient (Wildman–Crippen LogP) is 3.72. The zero-order valence-corrected chi connectivity index (χ0v) is 16.1. The fourth-order valence-corrected chi connectivity index (χ4v) is 4.05. The summed E-state index contributed by atoms with van der Waals surface area (Å²) in [7, 11) is 1.74. The molecule has 2 heterocycles. The number of ether oxygens (including phenoxy) is 1. The standard InChI is InChI=1S/C23H26N2O2/c1-17-6-3-4-7-18(17)14-22(26)25-11-10-20-15-24(12-13-27-2)21-9-5-8-19(16-25)23(20)21/h3-9,15H,10-14,16H2,1-2H3. The van der Waals surface area contributed by atoms with Gasteiger partial charge < -0.3 is 14.2 Å². The summed E-state index contributed by atoms with van der Waals surface area (Å²) in [6.07, 6.45) is 3.61. The van der Waals surface area contributed by atoms with Crippen LogP contribution in [0.4, 0.5) is 0 Å². The summed E-state index contributed by atoms with van der Waals surface area (Å²) in [6.45, 7) is 5.08. The third kappa shape index (κ3) is 3.50. The van der Waals surface area contributed by atoms with E-state index in [1.807, 2.05) is 17.0 Å². The number of aryl methyl sites for hydroxylation is 1. The molecule has 1 amide bonds. The van der Waals surface area contributed by atoms with Crippen molar-refractivity contribution in [2.75, 3.05) is 20.3 Å². The molecular formula is C23H26N2O2. The molecule has 0 atom stereocenters. The number of methoxy groups -OCH3 is 1. The van der Waals surface area contributed by atoms with E-state index in [2.05, 4.69) is 48.0 Å². The second kappa shape index (κ2) is 7.57. The van der Waals surface area contributed by atoms with Crippen molar-refractivity contribution < 1.29 is 9.53 Å². The highest BCUT2D eigenvalue weighted by Gasteiger charge is 2.22. The molecule has 0 unspecified atom stereocenters. The summed E-state index contributed by atoms with van der Waals surface area (Å²) >= 11 is 0. The second-order valence-corrected chi connectivity index (χ2v) is 7.32. The van der Waals surface area contributed by atoms with E-state index in [0.29, 0.717) is 19.6 Å². The van der Waals surface area contributed by atoms with Gasteiger partial charge in [0.05, 0.1) is 13.0 Å². The zero-order valence-electron chi connectivity index (χ0n) is 16.1. The number of carbonyl (C=O) groups is 1. The molecule has 4 rings (SSSR count). The highest BCUT2D eigenvalue weighted by atomic mass is 16.5. The summed E-state index contributed by atoms with van der Waals surface area (Å²) in [4.78, 5) is 15.0. The molecule has 3 aromatic rings. The van der Waals surface area contributed by atoms with Crippen LogP contribution in [0.1, 0.15) is 22.3 Å². The molecule has 1 aliphatic heterocycles. The van der Waals surface area contributed by atoms with E-state index in [4.69, 9.17) is 4.74 Å². The molecule has 0 bridgehead atoms. The van der Waals surface area contributed by atoms with E-state index >= 15 is 0 Å². The zero-order chi connectivity index (χ0) is 18.8. The topological polar surface area (TPSA) is 34.5 Å². The van der Waals surface area contributed by atoms with Crippen LogP contribution in [0.5, 0.6) is 0 Å². The summed E-state index contributed by atoms with van der Waals surface area (Å²) in [5, 5.41) is 1.32. The molecule has 0 fully saturated rings. The van der Waals surface area contributed by atoms with E-state index in [9.17, 15) is 4.79 Å². The highest BCUT2D eigenvalue weighted by molar-refractivity contribution is 5.89. The van der Waals surface area contributed by atoms with Crippen LogP contribution >= 0.6 is 0 Å². The van der Waals surface area contributed by atoms with Crippen molar-refractivity contribution in [3.8, 4) is 0 Å². The fourth-order valence-electron chi connectivity index (χ4n) is 4.05. The first-order valence-corrected chi connectivity index (χ1v) is 9.58. The second-order valence-electron chi connectivity index (χ2n) is 7.32. The smallest absolute Gasteiger partial charge is 0.227 e. The van der Waals surface area contributed by atoms with Gasteiger partial charge in [-0.1, -0.05) is 36.4 Å². The van der Waals surface area contributed by atoms with Crippen molar-refractivity contribution in [2.45, 2.75) is 32.9 Å². The minimum atomic E-state index is 0.207. The number of nitrogens with zero attached hydrogens (tertiary/aromatic N) is 2. The molecule has 0 N–H and O–H groups in total. The fraction of sp³-hybridized carbons (Fsp3) is 0.348. The average Bonchev–Trinajstić information content (AvgIpc) is 2.92. The van der Waals surface area contributed by atoms with Gasteiger partial charge in [-0.3, -0.25) is 4.79 Å². The Kier molecular flexibility index (Phi) is 4.99. The van der Waals surface area contributed by atoms with Crippen LogP contribution in [0.3, 0.4) is 0 Å². The molecule has 0 aliphatic carbocycles. The Labute approximate surface area is 160 Å². The SMILES string of the molecule is COCCn1cc2c3c(cccc31)CN(C(=O)Cc1ccccc1C)CC2. The average molecular weight is 362 g/mol. The third-order valence-corrected chi connectivity index (χ3v) is 5.58. The molecule has 1 aliphatic rings. The van der Waals surface area contributed by atoms with Crippen molar-refractivity contribution >= 4 is 16.8 Å². The van der Waals surface area contributed by atoms with E-state index in [1.165, 1.54) is 27.6 Å². The number of carbonyl (C=O) groups excluding carboxylic acids is 1. The van der Waals surface area contributed by atoms with E-state index in [-0.39, 0.29) is 5.91 Å². The third-order valence-electron chi connectivity index (χ3n) is 5.58. The Morgan fingerprint density at radius 2 is 1.96 bits per heavy atom.